The fourth-order valence-electron chi connectivity index (χ4n) is 10.8. The van der Waals surface area contributed by atoms with Crippen molar-refractivity contribution in [3.8, 4) is 0 Å². The molecule has 0 aromatic heterocycles. The number of likely N-dealkylation sites (N-methyl/N-ethyl adjacent to an activating group) is 1. The minimum absolute atomic E-state index is 0.0840. The molecular weight excluding hydrogens is 879 g/mol. The number of rotatable bonds is 10. The molecule has 1 aromatic carbocycles. The molecule has 0 radical (unpaired) electrons. The van der Waals surface area contributed by atoms with Crippen LogP contribution >= 0.6 is 0 Å². The molecule has 18 atom stereocenters. The van der Waals surface area contributed by atoms with Crippen molar-refractivity contribution in [3.05, 3.63) is 30.3 Å². The molecule has 0 bridgehead atoms. The van der Waals surface area contributed by atoms with Gasteiger partial charge in [-0.25, -0.2) is 13.6 Å². The molecule has 384 valence electrons. The van der Waals surface area contributed by atoms with Gasteiger partial charge in [0.1, 0.15) is 35.1 Å². The van der Waals surface area contributed by atoms with E-state index < -0.39 is 127 Å². The number of amides is 2. The standard InChI is InChI=1S/C48H80F2N4O13/c1-14-35-46(10,60)39(56)31(6)51-23-27(2)21-44(8,59)40(67-42-37(55)34(20-28(3)63-42)53(12)43(58)52(11)33-18-16-15-17-19-33)29(4)38(30(5)41(57)65-35)66-36-22-45(9,62-13)48(61,32(7)64-36)26-54-24-47(49,50)25-54/h15-19,27-32,34-40,42,51,55-56,59-61H,14,20-26H2,1-13H3/t27-,28-,29+,30-,31-,32+,34+,35-,36+,37-,38+,39-,40-,42+,44-,45-,46-,48+/m1/s1. The second-order valence-electron chi connectivity index (χ2n) is 20.8. The van der Waals surface area contributed by atoms with Crippen molar-refractivity contribution in [3.63, 3.8) is 0 Å². The van der Waals surface area contributed by atoms with Gasteiger partial charge in [0.05, 0.1) is 55.1 Å². The van der Waals surface area contributed by atoms with Crippen LogP contribution in [-0.4, -0.2) is 190 Å². The van der Waals surface area contributed by atoms with Gasteiger partial charge in [0, 0.05) is 51.8 Å². The fraction of sp³-hybridized carbons (Fsp3) is 0.833. The van der Waals surface area contributed by atoms with Crippen LogP contribution in [0.25, 0.3) is 0 Å². The van der Waals surface area contributed by atoms with Crippen LogP contribution in [-0.2, 0) is 33.2 Å². The Labute approximate surface area is 395 Å². The third-order valence-corrected chi connectivity index (χ3v) is 15.1. The molecule has 1 aromatic rings. The van der Waals surface area contributed by atoms with E-state index in [2.05, 4.69) is 5.32 Å². The van der Waals surface area contributed by atoms with Crippen molar-refractivity contribution in [1.29, 1.82) is 0 Å². The molecule has 0 spiro atoms. The number of aliphatic hydroxyl groups excluding tert-OH is 2. The number of nitrogens with zero attached hydrogens (tertiary/aromatic N) is 3. The van der Waals surface area contributed by atoms with Crippen molar-refractivity contribution in [1.82, 2.24) is 15.1 Å². The van der Waals surface area contributed by atoms with Gasteiger partial charge in [-0.15, -0.1) is 0 Å². The number of cyclic esters (lactones) is 1. The number of likely N-dealkylation sites (tertiary alicyclic amines) is 1. The maximum absolute atomic E-state index is 14.5. The SMILES string of the molecule is CC[C@H]1OC(=O)[C@H](C)[C@@H](O[C@H]2C[C@@](C)(OC)[C@](O)(CN3CC(F)(F)C3)[C@H](C)O2)[C@H](C)[C@@H](O[C@@H]2O[C@H](C)C[C@H](N(C)C(=O)N(C)c3ccccc3)[C@H]2O)[C@](C)(O)C[C@@H](C)CN[C@H](C)[C@@H](O)[C@]1(C)O. The molecule has 4 saturated heterocycles. The molecule has 17 nitrogen and oxygen atoms in total. The fourth-order valence-corrected chi connectivity index (χ4v) is 10.8. The maximum atomic E-state index is 14.5. The van der Waals surface area contributed by atoms with E-state index in [-0.39, 0.29) is 50.7 Å². The molecule has 5 rings (SSSR count). The highest BCUT2D eigenvalue weighted by Crippen LogP contribution is 2.45. The zero-order chi connectivity index (χ0) is 50.2. The van der Waals surface area contributed by atoms with E-state index in [4.69, 9.17) is 28.4 Å². The number of aliphatic hydroxyl groups is 5. The number of hydrogen-bond acceptors (Lipinski definition) is 15. The summed E-state index contributed by atoms with van der Waals surface area (Å²) >= 11 is 0. The largest absolute Gasteiger partial charge is 0.459 e. The number of urea groups is 1. The summed E-state index contributed by atoms with van der Waals surface area (Å²) in [6, 6.07) is 7.21. The lowest BCUT2D eigenvalue weighted by molar-refractivity contribution is -0.342. The van der Waals surface area contributed by atoms with Gasteiger partial charge in [-0.2, -0.15) is 0 Å². The maximum Gasteiger partial charge on any atom is 0.324 e. The predicted molar refractivity (Wildman–Crippen MR) is 244 cm³/mol. The van der Waals surface area contributed by atoms with E-state index in [1.165, 1.54) is 28.7 Å². The number of methoxy groups -OCH3 is 1. The Morgan fingerprint density at radius 2 is 1.58 bits per heavy atom. The second-order valence-corrected chi connectivity index (χ2v) is 20.8. The van der Waals surface area contributed by atoms with Crippen LogP contribution in [0.2, 0.25) is 0 Å². The number of nitrogens with one attached hydrogen (secondary N) is 1. The lowest BCUT2D eigenvalue weighted by atomic mass is 9.74. The van der Waals surface area contributed by atoms with Crippen molar-refractivity contribution in [2.24, 2.45) is 17.8 Å². The summed E-state index contributed by atoms with van der Waals surface area (Å²) in [5.74, 6) is -6.12. The summed E-state index contributed by atoms with van der Waals surface area (Å²) in [6.45, 7) is 15.7. The van der Waals surface area contributed by atoms with Gasteiger partial charge in [-0.3, -0.25) is 14.6 Å². The van der Waals surface area contributed by atoms with Gasteiger partial charge in [0.25, 0.3) is 5.92 Å². The third-order valence-electron chi connectivity index (χ3n) is 15.1. The van der Waals surface area contributed by atoms with Crippen LogP contribution in [0, 0.1) is 17.8 Å². The van der Waals surface area contributed by atoms with E-state index >= 15 is 0 Å². The summed E-state index contributed by atoms with van der Waals surface area (Å²) in [4.78, 5) is 32.7. The van der Waals surface area contributed by atoms with Crippen LogP contribution in [0.15, 0.2) is 30.3 Å². The first-order valence-corrected chi connectivity index (χ1v) is 23.8. The topological polar surface area (TPSA) is 212 Å². The number of β-amino-alcohol motifs (C(OH)–C–C–N with tert-alkyl or cyclic N) is 1. The number of hydrogen-bond donors (Lipinski definition) is 6. The Balaban J connectivity index is 1.54. The number of para-hydroxylation sites is 1. The van der Waals surface area contributed by atoms with E-state index in [0.29, 0.717) is 5.69 Å². The van der Waals surface area contributed by atoms with Crippen molar-refractivity contribution in [2.45, 2.75) is 191 Å². The molecule has 19 heteroatoms. The number of ether oxygens (including phenoxy) is 6. The number of anilines is 1. The molecule has 4 heterocycles. The molecule has 0 saturated carbocycles. The van der Waals surface area contributed by atoms with Gasteiger partial charge < -0.3 is 64.2 Å². The van der Waals surface area contributed by atoms with Crippen LogP contribution in [0.5, 0.6) is 0 Å². The summed E-state index contributed by atoms with van der Waals surface area (Å²) in [5, 5.41) is 63.6. The quantitative estimate of drug-likeness (QED) is 0.185. The molecule has 0 aliphatic carbocycles. The summed E-state index contributed by atoms with van der Waals surface area (Å²) in [7, 11) is 4.63. The smallest absolute Gasteiger partial charge is 0.324 e. The van der Waals surface area contributed by atoms with E-state index in [0.717, 1.165) is 0 Å². The van der Waals surface area contributed by atoms with Crippen LogP contribution in [0.4, 0.5) is 19.3 Å². The average Bonchev–Trinajstić information content (AvgIpc) is 3.25. The van der Waals surface area contributed by atoms with Crippen molar-refractivity contribution < 1.29 is 72.3 Å². The highest BCUT2D eigenvalue weighted by Gasteiger charge is 2.61. The highest BCUT2D eigenvalue weighted by atomic mass is 19.3. The first kappa shape index (κ1) is 55.3. The first-order chi connectivity index (χ1) is 31.0. The molecule has 67 heavy (non-hydrogen) atoms. The minimum Gasteiger partial charge on any atom is -0.459 e. The number of benzene rings is 1. The summed E-state index contributed by atoms with van der Waals surface area (Å²) in [5.41, 5.74) is -6.20. The average molecular weight is 959 g/mol. The Kier molecular flexibility index (Phi) is 17.6. The predicted octanol–water partition coefficient (Wildman–Crippen LogP) is 3.51. The van der Waals surface area contributed by atoms with Gasteiger partial charge in [-0.05, 0) is 92.3 Å². The summed E-state index contributed by atoms with van der Waals surface area (Å²) in [6.07, 6.45) is -10.3. The first-order valence-electron chi connectivity index (χ1n) is 23.8. The number of carbonyl (C=O) groups is 2. The van der Waals surface area contributed by atoms with Gasteiger partial charge in [0.15, 0.2) is 12.6 Å². The molecule has 0 unspecified atom stereocenters. The van der Waals surface area contributed by atoms with E-state index in [1.807, 2.05) is 25.1 Å². The van der Waals surface area contributed by atoms with E-state index in [1.54, 1.807) is 81.6 Å². The third kappa shape index (κ3) is 11.9. The number of alkyl halides is 2. The zero-order valence-corrected chi connectivity index (χ0v) is 41.7. The van der Waals surface area contributed by atoms with Crippen molar-refractivity contribution in [2.75, 3.05) is 52.3 Å². The molecule has 4 aliphatic rings. The number of carbonyl (C=O) groups excluding carboxylic acids is 2. The molecule has 4 aliphatic heterocycles. The van der Waals surface area contributed by atoms with E-state index in [9.17, 15) is 43.9 Å². The Hall–Kier alpha value is -2.66. The van der Waals surface area contributed by atoms with Crippen LogP contribution in [0.3, 0.4) is 0 Å². The Morgan fingerprint density at radius 1 is 0.955 bits per heavy atom. The zero-order valence-electron chi connectivity index (χ0n) is 41.7. The highest BCUT2D eigenvalue weighted by molar-refractivity contribution is 5.91. The summed E-state index contributed by atoms with van der Waals surface area (Å²) < 4.78 is 66.2. The monoisotopic (exact) mass is 959 g/mol. The lowest BCUT2D eigenvalue weighted by Gasteiger charge is -2.56. The van der Waals surface area contributed by atoms with Crippen molar-refractivity contribution >= 4 is 17.7 Å². The Morgan fingerprint density at radius 3 is 2.16 bits per heavy atom. The van der Waals surface area contributed by atoms with Crippen LogP contribution < -0.4 is 10.2 Å². The van der Waals surface area contributed by atoms with Crippen LogP contribution in [0.1, 0.15) is 94.9 Å². The lowest BCUT2D eigenvalue weighted by Crippen LogP contribution is -2.73. The molecular formula is C48H80F2N4O13. The van der Waals surface area contributed by atoms with Gasteiger partial charge in [0.2, 0.25) is 0 Å². The normalized spacial score (nSPS) is 43.8. The molecule has 4 fully saturated rings. The second kappa shape index (κ2) is 21.4. The van der Waals surface area contributed by atoms with Gasteiger partial charge >= 0.3 is 12.0 Å². The number of esters is 1. The van der Waals surface area contributed by atoms with Gasteiger partial charge in [-0.1, -0.05) is 39.0 Å². The molecule has 2 amide bonds. The Bertz CT molecular complexity index is 1790. The number of halogens is 2. The minimum atomic E-state index is -2.88. The molecule has 6 N–H and O–H groups in total.